The van der Waals surface area contributed by atoms with E-state index in [9.17, 15) is 0 Å². The lowest BCUT2D eigenvalue weighted by molar-refractivity contribution is 0.276. The molecular formula is C9H18. The van der Waals surface area contributed by atoms with Crippen LogP contribution in [0.4, 0.5) is 0 Å². The number of rotatable bonds is 1. The van der Waals surface area contributed by atoms with Crippen molar-refractivity contribution in [1.29, 1.82) is 0 Å². The van der Waals surface area contributed by atoms with Gasteiger partial charge in [0.25, 0.3) is 0 Å². The van der Waals surface area contributed by atoms with Gasteiger partial charge in [0.05, 0.1) is 0 Å². The second-order valence-electron chi connectivity index (χ2n) is 3.55. The molecule has 1 rings (SSSR count). The number of hydrogen-bond acceptors (Lipinski definition) is 0. The zero-order valence-corrected chi connectivity index (χ0v) is 6.69. The van der Waals surface area contributed by atoms with E-state index in [0.29, 0.717) is 0 Å². The van der Waals surface area contributed by atoms with Gasteiger partial charge in [-0.25, -0.2) is 0 Å². The van der Waals surface area contributed by atoms with Crippen LogP contribution in [-0.2, 0) is 0 Å². The van der Waals surface area contributed by atoms with E-state index in [1.807, 2.05) is 0 Å². The molecule has 9 heavy (non-hydrogen) atoms. The Morgan fingerprint density at radius 1 is 1.33 bits per heavy atom. The van der Waals surface area contributed by atoms with Crippen LogP contribution >= 0.6 is 0 Å². The summed E-state index contributed by atoms with van der Waals surface area (Å²) in [5.74, 6) is 2.08. The quantitative estimate of drug-likeness (QED) is 0.506. The van der Waals surface area contributed by atoms with E-state index in [1.54, 1.807) is 0 Å². The van der Waals surface area contributed by atoms with Crippen LogP contribution in [-0.4, -0.2) is 0 Å². The first-order valence-corrected chi connectivity index (χ1v) is 4.33. The Morgan fingerprint density at radius 3 is 2.56 bits per heavy atom. The lowest BCUT2D eigenvalue weighted by Crippen LogP contribution is -2.11. The van der Waals surface area contributed by atoms with E-state index in [2.05, 4.69) is 13.8 Å². The van der Waals surface area contributed by atoms with Gasteiger partial charge in [0.1, 0.15) is 0 Å². The van der Waals surface area contributed by atoms with Crippen molar-refractivity contribution in [3.63, 3.8) is 0 Å². The van der Waals surface area contributed by atoms with Crippen molar-refractivity contribution in [2.24, 2.45) is 11.8 Å². The van der Waals surface area contributed by atoms with Crippen molar-refractivity contribution < 1.29 is 0 Å². The van der Waals surface area contributed by atoms with Crippen molar-refractivity contribution in [2.75, 3.05) is 0 Å². The van der Waals surface area contributed by atoms with Crippen LogP contribution in [0.3, 0.4) is 0 Å². The third-order valence-corrected chi connectivity index (χ3v) is 2.62. The summed E-state index contributed by atoms with van der Waals surface area (Å²) in [6.07, 6.45) is 7.37. The Labute approximate surface area is 58.7 Å². The molecule has 0 heteroatoms. The maximum atomic E-state index is 2.39. The van der Waals surface area contributed by atoms with Gasteiger partial charge in [-0.15, -0.1) is 0 Å². The van der Waals surface area contributed by atoms with Gasteiger partial charge in [0.15, 0.2) is 0 Å². The van der Waals surface area contributed by atoms with Crippen molar-refractivity contribution in [1.82, 2.24) is 0 Å². The van der Waals surface area contributed by atoms with Crippen LogP contribution in [0, 0.1) is 11.8 Å². The molecule has 0 nitrogen and oxygen atoms in total. The van der Waals surface area contributed by atoms with Crippen molar-refractivity contribution in [2.45, 2.75) is 46.0 Å². The predicted octanol–water partition coefficient (Wildman–Crippen LogP) is 3.22. The van der Waals surface area contributed by atoms with Crippen LogP contribution in [0.25, 0.3) is 0 Å². The first kappa shape index (κ1) is 7.11. The average Bonchev–Trinajstić information content (AvgIpc) is 1.88. The molecule has 0 spiro atoms. The molecule has 0 saturated heterocycles. The summed E-state index contributed by atoms with van der Waals surface area (Å²) < 4.78 is 0. The summed E-state index contributed by atoms with van der Waals surface area (Å²) in [5.41, 5.74) is 0. The lowest BCUT2D eigenvalue weighted by Gasteiger charge is -2.25. The maximum Gasteiger partial charge on any atom is -0.0414 e. The monoisotopic (exact) mass is 126 g/mol. The smallest absolute Gasteiger partial charge is 0.0414 e. The molecule has 1 aliphatic rings. The number of hydrogen-bond donors (Lipinski definition) is 0. The minimum atomic E-state index is 1.02. The van der Waals surface area contributed by atoms with Crippen molar-refractivity contribution in [3.05, 3.63) is 0 Å². The predicted molar refractivity (Wildman–Crippen MR) is 41.4 cm³/mol. The summed E-state index contributed by atoms with van der Waals surface area (Å²) in [7, 11) is 0. The molecule has 0 aliphatic heterocycles. The minimum absolute atomic E-state index is 1.02. The summed E-state index contributed by atoms with van der Waals surface area (Å²) in [6.45, 7) is 4.71. The third-order valence-electron chi connectivity index (χ3n) is 2.62. The fourth-order valence-corrected chi connectivity index (χ4v) is 1.93. The summed E-state index contributed by atoms with van der Waals surface area (Å²) in [6, 6.07) is 0. The normalized spacial score (nSPS) is 36.7. The van der Waals surface area contributed by atoms with Gasteiger partial charge in [0, 0.05) is 0 Å². The molecule has 1 saturated carbocycles. The molecule has 0 aromatic rings. The zero-order chi connectivity index (χ0) is 6.69. The molecule has 0 heterocycles. The van der Waals surface area contributed by atoms with Gasteiger partial charge >= 0.3 is 0 Å². The highest BCUT2D eigenvalue weighted by Gasteiger charge is 2.16. The molecule has 0 N–H and O–H groups in total. The van der Waals surface area contributed by atoms with Gasteiger partial charge in [-0.2, -0.15) is 0 Å². The molecule has 0 bridgehead atoms. The Bertz CT molecular complexity index is 76.1. The van der Waals surface area contributed by atoms with Crippen LogP contribution in [0.15, 0.2) is 0 Å². The molecule has 2 atom stereocenters. The summed E-state index contributed by atoms with van der Waals surface area (Å²) in [5, 5.41) is 0. The largest absolute Gasteiger partial charge is 0.0651 e. The van der Waals surface area contributed by atoms with E-state index in [0.717, 1.165) is 11.8 Å². The molecule has 54 valence electrons. The Morgan fingerprint density at radius 2 is 2.11 bits per heavy atom. The SMILES string of the molecule is CC[C@H]1CCC[C@H](C)C1. The Balaban J connectivity index is 2.23. The molecule has 0 aromatic carbocycles. The standard InChI is InChI=1S/C9H18/c1-3-9-6-4-5-8(2)7-9/h8-9H,3-7H2,1-2H3/t8-,9-/m0/s1. The molecule has 0 unspecified atom stereocenters. The van der Waals surface area contributed by atoms with Crippen molar-refractivity contribution >= 4 is 0 Å². The minimum Gasteiger partial charge on any atom is -0.0651 e. The van der Waals surface area contributed by atoms with E-state index in [4.69, 9.17) is 0 Å². The summed E-state index contributed by atoms with van der Waals surface area (Å²) in [4.78, 5) is 0. The van der Waals surface area contributed by atoms with E-state index >= 15 is 0 Å². The first-order valence-electron chi connectivity index (χ1n) is 4.33. The lowest BCUT2D eigenvalue weighted by atomic mass is 9.81. The highest BCUT2D eigenvalue weighted by atomic mass is 14.2. The summed E-state index contributed by atoms with van der Waals surface area (Å²) >= 11 is 0. The average molecular weight is 126 g/mol. The first-order chi connectivity index (χ1) is 4.33. The molecule has 0 radical (unpaired) electrons. The fraction of sp³-hybridized carbons (Fsp3) is 1.00. The van der Waals surface area contributed by atoms with E-state index in [-0.39, 0.29) is 0 Å². The molecule has 1 fully saturated rings. The van der Waals surface area contributed by atoms with Crippen LogP contribution in [0.5, 0.6) is 0 Å². The maximum absolute atomic E-state index is 2.39. The molecule has 0 amide bonds. The highest BCUT2D eigenvalue weighted by molar-refractivity contribution is 4.68. The van der Waals surface area contributed by atoms with Crippen LogP contribution in [0.1, 0.15) is 46.0 Å². The van der Waals surface area contributed by atoms with Gasteiger partial charge in [-0.3, -0.25) is 0 Å². The van der Waals surface area contributed by atoms with E-state index < -0.39 is 0 Å². The van der Waals surface area contributed by atoms with Crippen molar-refractivity contribution in [3.8, 4) is 0 Å². The van der Waals surface area contributed by atoms with Gasteiger partial charge in [-0.1, -0.05) is 39.5 Å². The third kappa shape index (κ3) is 2.00. The topological polar surface area (TPSA) is 0 Å². The van der Waals surface area contributed by atoms with Gasteiger partial charge in [0.2, 0.25) is 0 Å². The highest BCUT2D eigenvalue weighted by Crippen LogP contribution is 2.29. The van der Waals surface area contributed by atoms with E-state index in [1.165, 1.54) is 32.1 Å². The molecule has 1 aliphatic carbocycles. The second kappa shape index (κ2) is 3.24. The molecular weight excluding hydrogens is 108 g/mol. The zero-order valence-electron chi connectivity index (χ0n) is 6.69. The van der Waals surface area contributed by atoms with Gasteiger partial charge in [-0.05, 0) is 18.3 Å². The van der Waals surface area contributed by atoms with Crippen LogP contribution in [0.2, 0.25) is 0 Å². The Kier molecular flexibility index (Phi) is 2.56. The fourth-order valence-electron chi connectivity index (χ4n) is 1.93. The van der Waals surface area contributed by atoms with Crippen LogP contribution < -0.4 is 0 Å². The second-order valence-corrected chi connectivity index (χ2v) is 3.55. The molecule has 0 aromatic heterocycles. The Hall–Kier alpha value is 0. The van der Waals surface area contributed by atoms with Gasteiger partial charge < -0.3 is 0 Å².